The first-order valence-electron chi connectivity index (χ1n) is 6.98. The number of aliphatic carboxylic acids is 1. The maximum absolute atomic E-state index is 10.8. The van der Waals surface area contributed by atoms with E-state index in [1.807, 2.05) is 30.7 Å². The maximum Gasteiger partial charge on any atom is 0.307 e. The normalized spacial score (nSPS) is 10.9. The Bertz CT molecular complexity index is 677. The van der Waals surface area contributed by atoms with E-state index in [1.54, 1.807) is 6.07 Å². The number of rotatable bonds is 5. The van der Waals surface area contributed by atoms with E-state index in [9.17, 15) is 4.79 Å². The molecule has 5 heteroatoms. The van der Waals surface area contributed by atoms with Crippen LogP contribution in [-0.4, -0.2) is 20.9 Å². The lowest BCUT2D eigenvalue weighted by molar-refractivity contribution is -0.136. The molecule has 21 heavy (non-hydrogen) atoms. The number of carboxylic acid groups (broad SMARTS) is 1. The van der Waals surface area contributed by atoms with Crippen molar-refractivity contribution in [3.8, 4) is 11.1 Å². The first-order chi connectivity index (χ1) is 9.93. The molecule has 0 fully saturated rings. The van der Waals surface area contributed by atoms with E-state index >= 15 is 0 Å². The average Bonchev–Trinajstić information content (AvgIpc) is 2.66. The summed E-state index contributed by atoms with van der Waals surface area (Å²) < 4.78 is 1.99. The van der Waals surface area contributed by atoms with Gasteiger partial charge in [-0.1, -0.05) is 30.7 Å². The highest BCUT2D eigenvalue weighted by atomic mass is 35.5. The van der Waals surface area contributed by atoms with Crippen molar-refractivity contribution in [2.45, 2.75) is 40.2 Å². The third-order valence-corrected chi connectivity index (χ3v) is 3.79. The van der Waals surface area contributed by atoms with Crippen LogP contribution in [0.5, 0.6) is 0 Å². The van der Waals surface area contributed by atoms with Crippen LogP contribution in [0.1, 0.15) is 30.3 Å². The Morgan fingerprint density at radius 1 is 1.38 bits per heavy atom. The second-order valence-corrected chi connectivity index (χ2v) is 5.56. The van der Waals surface area contributed by atoms with E-state index in [4.69, 9.17) is 16.7 Å². The monoisotopic (exact) mass is 306 g/mol. The van der Waals surface area contributed by atoms with Gasteiger partial charge in [0.05, 0.1) is 12.1 Å². The van der Waals surface area contributed by atoms with Crippen molar-refractivity contribution in [2.75, 3.05) is 0 Å². The Balaban J connectivity index is 2.45. The zero-order valence-corrected chi connectivity index (χ0v) is 13.2. The van der Waals surface area contributed by atoms with Gasteiger partial charge in [0.2, 0.25) is 0 Å². The average molecular weight is 307 g/mol. The molecule has 0 spiro atoms. The van der Waals surface area contributed by atoms with E-state index in [-0.39, 0.29) is 6.42 Å². The number of hydrogen-bond acceptors (Lipinski definition) is 2. The van der Waals surface area contributed by atoms with Crippen molar-refractivity contribution in [1.82, 2.24) is 9.78 Å². The van der Waals surface area contributed by atoms with E-state index in [0.29, 0.717) is 10.6 Å². The number of carbonyl (C=O) groups is 1. The Kier molecular flexibility index (Phi) is 4.68. The number of nitrogens with zero attached hydrogens (tertiary/aromatic N) is 2. The van der Waals surface area contributed by atoms with Gasteiger partial charge in [-0.25, -0.2) is 0 Å². The van der Waals surface area contributed by atoms with Crippen LogP contribution in [-0.2, 0) is 17.8 Å². The summed E-state index contributed by atoms with van der Waals surface area (Å²) in [5.41, 5.74) is 4.67. The Labute approximate surface area is 129 Å². The Morgan fingerprint density at radius 3 is 2.67 bits per heavy atom. The SMILES string of the molecule is CCCn1nc(C)c(-c2ccc(CC(=O)O)cc2Cl)c1C. The van der Waals surface area contributed by atoms with Crippen molar-refractivity contribution < 1.29 is 9.90 Å². The van der Waals surface area contributed by atoms with Gasteiger partial charge in [-0.2, -0.15) is 5.10 Å². The maximum atomic E-state index is 10.8. The molecule has 2 rings (SSSR count). The molecule has 0 amide bonds. The quantitative estimate of drug-likeness (QED) is 0.912. The summed E-state index contributed by atoms with van der Waals surface area (Å²) in [5.74, 6) is -0.859. The van der Waals surface area contributed by atoms with E-state index in [0.717, 1.165) is 35.5 Å². The van der Waals surface area contributed by atoms with Crippen LogP contribution in [0.3, 0.4) is 0 Å². The molecule has 4 nitrogen and oxygen atoms in total. The predicted molar refractivity (Wildman–Crippen MR) is 83.8 cm³/mol. The number of carboxylic acids is 1. The molecular weight excluding hydrogens is 288 g/mol. The second kappa shape index (κ2) is 6.31. The predicted octanol–water partition coefficient (Wildman–Crippen LogP) is 3.86. The molecule has 1 N–H and O–H groups in total. The molecule has 1 aromatic carbocycles. The van der Waals surface area contributed by atoms with Crippen molar-refractivity contribution >= 4 is 17.6 Å². The standard InChI is InChI=1S/C16H19ClN2O2/c1-4-7-19-11(3)16(10(2)18-19)13-6-5-12(8-14(13)17)9-15(20)21/h5-6,8H,4,7,9H2,1-3H3,(H,20,21). The lowest BCUT2D eigenvalue weighted by Crippen LogP contribution is -2.01. The molecule has 1 aromatic heterocycles. The van der Waals surface area contributed by atoms with E-state index < -0.39 is 5.97 Å². The third-order valence-electron chi connectivity index (χ3n) is 3.48. The van der Waals surface area contributed by atoms with Crippen LogP contribution in [0, 0.1) is 13.8 Å². The molecule has 0 bridgehead atoms. The topological polar surface area (TPSA) is 55.1 Å². The van der Waals surface area contributed by atoms with E-state index in [1.165, 1.54) is 0 Å². The van der Waals surface area contributed by atoms with Crippen LogP contribution in [0.15, 0.2) is 18.2 Å². The fourth-order valence-corrected chi connectivity index (χ4v) is 2.86. The first kappa shape index (κ1) is 15.6. The summed E-state index contributed by atoms with van der Waals surface area (Å²) >= 11 is 6.35. The summed E-state index contributed by atoms with van der Waals surface area (Å²) in [6.45, 7) is 6.99. The minimum atomic E-state index is -0.859. The van der Waals surface area contributed by atoms with Gasteiger partial charge in [0.25, 0.3) is 0 Å². The van der Waals surface area contributed by atoms with Gasteiger partial charge < -0.3 is 5.11 Å². The lowest BCUT2D eigenvalue weighted by Gasteiger charge is -2.08. The molecule has 0 unspecified atom stereocenters. The number of halogens is 1. The third kappa shape index (κ3) is 3.27. The molecule has 0 atom stereocenters. The van der Waals surface area contributed by atoms with Gasteiger partial charge in [0.15, 0.2) is 0 Å². The first-order valence-corrected chi connectivity index (χ1v) is 7.36. The smallest absolute Gasteiger partial charge is 0.307 e. The molecule has 0 radical (unpaired) electrons. The highest BCUT2D eigenvalue weighted by molar-refractivity contribution is 6.33. The molecule has 0 saturated heterocycles. The zero-order valence-electron chi connectivity index (χ0n) is 12.5. The van der Waals surface area contributed by atoms with Gasteiger partial charge in [-0.3, -0.25) is 9.48 Å². The van der Waals surface area contributed by atoms with Crippen LogP contribution in [0.25, 0.3) is 11.1 Å². The van der Waals surface area contributed by atoms with Crippen molar-refractivity contribution in [3.63, 3.8) is 0 Å². The zero-order chi connectivity index (χ0) is 15.6. The molecule has 0 aliphatic heterocycles. The van der Waals surface area contributed by atoms with Crippen molar-refractivity contribution in [2.24, 2.45) is 0 Å². The Morgan fingerprint density at radius 2 is 2.10 bits per heavy atom. The highest BCUT2D eigenvalue weighted by Crippen LogP contribution is 2.33. The highest BCUT2D eigenvalue weighted by Gasteiger charge is 2.16. The molecule has 2 aromatic rings. The summed E-state index contributed by atoms with van der Waals surface area (Å²) in [6.07, 6.45) is 1.000. The largest absolute Gasteiger partial charge is 0.481 e. The van der Waals surface area contributed by atoms with Crippen LogP contribution in [0.4, 0.5) is 0 Å². The van der Waals surface area contributed by atoms with Gasteiger partial charge in [-0.15, -0.1) is 0 Å². The molecule has 0 saturated carbocycles. The van der Waals surface area contributed by atoms with Crippen LogP contribution in [0.2, 0.25) is 5.02 Å². The van der Waals surface area contributed by atoms with Gasteiger partial charge in [-0.05, 0) is 31.9 Å². The minimum Gasteiger partial charge on any atom is -0.481 e. The summed E-state index contributed by atoms with van der Waals surface area (Å²) in [7, 11) is 0. The van der Waals surface area contributed by atoms with Crippen LogP contribution >= 0.6 is 11.6 Å². The number of aromatic nitrogens is 2. The van der Waals surface area contributed by atoms with Crippen LogP contribution < -0.4 is 0 Å². The van der Waals surface area contributed by atoms with Gasteiger partial charge in [0.1, 0.15) is 0 Å². The molecule has 0 aliphatic rings. The van der Waals surface area contributed by atoms with E-state index in [2.05, 4.69) is 12.0 Å². The molecule has 1 heterocycles. The van der Waals surface area contributed by atoms with Crippen molar-refractivity contribution in [3.05, 3.63) is 40.2 Å². The number of aryl methyl sites for hydroxylation is 2. The minimum absolute atomic E-state index is 0.0208. The number of benzene rings is 1. The van der Waals surface area contributed by atoms with Gasteiger partial charge >= 0.3 is 5.97 Å². The molecular formula is C16H19ClN2O2. The van der Waals surface area contributed by atoms with Crippen molar-refractivity contribution in [1.29, 1.82) is 0 Å². The summed E-state index contributed by atoms with van der Waals surface area (Å²) in [6, 6.07) is 5.42. The summed E-state index contributed by atoms with van der Waals surface area (Å²) in [4.78, 5) is 10.8. The lowest BCUT2D eigenvalue weighted by atomic mass is 10.0. The van der Waals surface area contributed by atoms with Gasteiger partial charge in [0, 0.05) is 28.4 Å². The molecule has 112 valence electrons. The molecule has 0 aliphatic carbocycles. The fraction of sp³-hybridized carbons (Fsp3) is 0.375. The summed E-state index contributed by atoms with van der Waals surface area (Å²) in [5, 5.41) is 14.0. The fourth-order valence-electron chi connectivity index (χ4n) is 2.56. The second-order valence-electron chi connectivity index (χ2n) is 5.15. The number of hydrogen-bond donors (Lipinski definition) is 1. The Hall–Kier alpha value is -1.81.